The van der Waals surface area contributed by atoms with Crippen molar-refractivity contribution in [2.45, 2.75) is 59.4 Å². The number of ether oxygens (including phenoxy) is 4. The van der Waals surface area contributed by atoms with Crippen LogP contribution in [-0.2, 0) is 41.6 Å². The van der Waals surface area contributed by atoms with Gasteiger partial charge in [0.2, 0.25) is 6.41 Å². The van der Waals surface area contributed by atoms with Gasteiger partial charge in [-0.2, -0.15) is 0 Å². The molecule has 0 aliphatic carbocycles. The standard InChI is InChI=1S/C24H34N2O8/c1-15(2)21(27)31-13-17(5)33-23(29)25-11-19-8-7-9-20(10-19)12-26-24(30)34-18(6)14-32-22(28)16(3)4/h7-10,17-18,23,25,29H,1,3,11-14H2,2,4-6H3,(H,26,30). The number of hydrogen-bond donors (Lipinski definition) is 3. The summed E-state index contributed by atoms with van der Waals surface area (Å²) in [5.41, 5.74) is 2.21. The Balaban J connectivity index is 2.38. The first kappa shape index (κ1) is 28.8. The zero-order chi connectivity index (χ0) is 25.7. The molecule has 3 atom stereocenters. The number of alkyl carbamates (subject to hydrolysis) is 1. The van der Waals surface area contributed by atoms with E-state index in [0.29, 0.717) is 6.54 Å². The van der Waals surface area contributed by atoms with Gasteiger partial charge in [-0.25, -0.2) is 14.4 Å². The lowest BCUT2D eigenvalue weighted by Crippen LogP contribution is -2.35. The topological polar surface area (TPSA) is 132 Å². The molecule has 0 aliphatic heterocycles. The molecule has 10 heteroatoms. The third kappa shape index (κ3) is 12.1. The first-order valence-electron chi connectivity index (χ1n) is 10.7. The first-order chi connectivity index (χ1) is 16.0. The van der Waals surface area contributed by atoms with Crippen LogP contribution in [0, 0.1) is 0 Å². The highest BCUT2D eigenvalue weighted by atomic mass is 16.6. The van der Waals surface area contributed by atoms with Gasteiger partial charge in [-0.1, -0.05) is 37.4 Å². The summed E-state index contributed by atoms with van der Waals surface area (Å²) in [5, 5.41) is 15.4. The molecule has 0 spiro atoms. The molecular formula is C24H34N2O8. The Hall–Kier alpha value is -3.21. The van der Waals surface area contributed by atoms with Crippen molar-refractivity contribution in [2.75, 3.05) is 13.2 Å². The van der Waals surface area contributed by atoms with Crippen LogP contribution in [0.15, 0.2) is 48.6 Å². The van der Waals surface area contributed by atoms with E-state index in [1.807, 2.05) is 24.3 Å². The van der Waals surface area contributed by atoms with Crippen molar-refractivity contribution in [3.8, 4) is 0 Å². The van der Waals surface area contributed by atoms with Gasteiger partial charge >= 0.3 is 18.0 Å². The van der Waals surface area contributed by atoms with Crippen LogP contribution in [0.25, 0.3) is 0 Å². The Bertz CT molecular complexity index is 870. The zero-order valence-corrected chi connectivity index (χ0v) is 20.1. The molecule has 0 heterocycles. The van der Waals surface area contributed by atoms with Crippen LogP contribution in [0.5, 0.6) is 0 Å². The fourth-order valence-electron chi connectivity index (χ4n) is 2.43. The number of amides is 1. The third-order valence-corrected chi connectivity index (χ3v) is 4.17. The van der Waals surface area contributed by atoms with E-state index < -0.39 is 36.7 Å². The van der Waals surface area contributed by atoms with Crippen LogP contribution in [0.1, 0.15) is 38.8 Å². The average molecular weight is 479 g/mol. The van der Waals surface area contributed by atoms with Gasteiger partial charge in [-0.3, -0.25) is 5.32 Å². The predicted octanol–water partition coefficient (Wildman–Crippen LogP) is 2.31. The highest BCUT2D eigenvalue weighted by molar-refractivity contribution is 5.87. The minimum Gasteiger partial charge on any atom is -0.460 e. The van der Waals surface area contributed by atoms with E-state index in [1.165, 1.54) is 6.92 Å². The number of rotatable bonds is 14. The monoisotopic (exact) mass is 478 g/mol. The molecule has 1 aromatic rings. The molecule has 34 heavy (non-hydrogen) atoms. The van der Waals surface area contributed by atoms with Crippen LogP contribution in [-0.4, -0.2) is 55.0 Å². The fourth-order valence-corrected chi connectivity index (χ4v) is 2.43. The normalized spacial score (nSPS) is 13.2. The van der Waals surface area contributed by atoms with Gasteiger partial charge in [0.15, 0.2) is 0 Å². The number of carbonyl (C=O) groups excluding carboxylic acids is 3. The molecule has 0 radical (unpaired) electrons. The van der Waals surface area contributed by atoms with Gasteiger partial charge in [-0.05, 0) is 38.8 Å². The van der Waals surface area contributed by atoms with Gasteiger partial charge in [0, 0.05) is 24.2 Å². The van der Waals surface area contributed by atoms with E-state index in [2.05, 4.69) is 23.8 Å². The molecule has 3 unspecified atom stereocenters. The molecule has 10 nitrogen and oxygen atoms in total. The van der Waals surface area contributed by atoms with Crippen molar-refractivity contribution in [3.63, 3.8) is 0 Å². The number of esters is 2. The van der Waals surface area contributed by atoms with Crippen molar-refractivity contribution in [3.05, 3.63) is 59.7 Å². The minimum atomic E-state index is -1.27. The average Bonchev–Trinajstić information content (AvgIpc) is 2.78. The van der Waals surface area contributed by atoms with Crippen molar-refractivity contribution in [2.24, 2.45) is 0 Å². The molecule has 0 bridgehead atoms. The third-order valence-electron chi connectivity index (χ3n) is 4.17. The van der Waals surface area contributed by atoms with Crippen molar-refractivity contribution in [1.82, 2.24) is 10.6 Å². The van der Waals surface area contributed by atoms with Crippen molar-refractivity contribution >= 4 is 18.0 Å². The highest BCUT2D eigenvalue weighted by Crippen LogP contribution is 2.07. The second-order valence-electron chi connectivity index (χ2n) is 7.83. The number of aliphatic hydroxyl groups excluding tert-OH is 1. The van der Waals surface area contributed by atoms with Gasteiger partial charge < -0.3 is 29.4 Å². The zero-order valence-electron chi connectivity index (χ0n) is 20.1. The largest absolute Gasteiger partial charge is 0.460 e. The first-order valence-corrected chi connectivity index (χ1v) is 10.7. The Morgan fingerprint density at radius 2 is 1.47 bits per heavy atom. The van der Waals surface area contributed by atoms with Crippen LogP contribution >= 0.6 is 0 Å². The second-order valence-corrected chi connectivity index (χ2v) is 7.83. The van der Waals surface area contributed by atoms with E-state index in [-0.39, 0.29) is 30.9 Å². The summed E-state index contributed by atoms with van der Waals surface area (Å²) in [6.07, 6.45) is -3.06. The Morgan fingerprint density at radius 3 is 2.03 bits per heavy atom. The van der Waals surface area contributed by atoms with E-state index in [9.17, 15) is 19.5 Å². The lowest BCUT2D eigenvalue weighted by Gasteiger charge is -2.19. The number of aliphatic hydroxyl groups is 1. The van der Waals surface area contributed by atoms with Crippen LogP contribution in [0.4, 0.5) is 4.79 Å². The molecule has 1 rings (SSSR count). The quantitative estimate of drug-likeness (QED) is 0.159. The molecule has 0 saturated carbocycles. The van der Waals surface area contributed by atoms with Crippen LogP contribution < -0.4 is 10.6 Å². The number of hydrogen-bond acceptors (Lipinski definition) is 9. The lowest BCUT2D eigenvalue weighted by molar-refractivity contribution is -0.170. The minimum absolute atomic E-state index is 0.0172. The van der Waals surface area contributed by atoms with Gasteiger partial charge in [0.1, 0.15) is 19.3 Å². The Morgan fingerprint density at radius 1 is 0.941 bits per heavy atom. The summed E-state index contributed by atoms with van der Waals surface area (Å²) in [5.74, 6) is -1.06. The molecule has 1 aromatic carbocycles. The number of benzene rings is 1. The van der Waals surface area contributed by atoms with Gasteiger partial charge in [0.25, 0.3) is 0 Å². The Labute approximate surface area is 199 Å². The maximum absolute atomic E-state index is 12.0. The second kappa shape index (κ2) is 14.8. The van der Waals surface area contributed by atoms with Gasteiger partial charge in [0.05, 0.1) is 6.10 Å². The van der Waals surface area contributed by atoms with Crippen molar-refractivity contribution < 1.29 is 38.4 Å². The van der Waals surface area contributed by atoms with E-state index in [0.717, 1.165) is 11.1 Å². The fraction of sp³-hybridized carbons (Fsp3) is 0.458. The van der Waals surface area contributed by atoms with E-state index in [4.69, 9.17) is 18.9 Å². The van der Waals surface area contributed by atoms with Gasteiger partial charge in [-0.15, -0.1) is 0 Å². The molecule has 0 aromatic heterocycles. The highest BCUT2D eigenvalue weighted by Gasteiger charge is 2.14. The van der Waals surface area contributed by atoms with Crippen LogP contribution in [0.2, 0.25) is 0 Å². The molecule has 0 fully saturated rings. The molecule has 1 amide bonds. The SMILES string of the molecule is C=C(C)C(=O)OCC(C)OC(=O)NCc1cccc(CNC(O)OC(C)COC(=O)C(=C)C)c1. The van der Waals surface area contributed by atoms with Crippen LogP contribution in [0.3, 0.4) is 0 Å². The Kier molecular flexibility index (Phi) is 12.6. The summed E-state index contributed by atoms with van der Waals surface area (Å²) in [6.45, 7) is 13.7. The number of carbonyl (C=O) groups is 3. The summed E-state index contributed by atoms with van der Waals surface area (Å²) < 4.78 is 20.4. The molecular weight excluding hydrogens is 444 g/mol. The number of nitrogens with one attached hydrogen (secondary N) is 2. The predicted molar refractivity (Wildman–Crippen MR) is 124 cm³/mol. The van der Waals surface area contributed by atoms with E-state index >= 15 is 0 Å². The van der Waals surface area contributed by atoms with Crippen molar-refractivity contribution in [1.29, 1.82) is 0 Å². The maximum atomic E-state index is 12.0. The summed E-state index contributed by atoms with van der Waals surface area (Å²) in [7, 11) is 0. The summed E-state index contributed by atoms with van der Waals surface area (Å²) >= 11 is 0. The summed E-state index contributed by atoms with van der Waals surface area (Å²) in [4.78, 5) is 34.7. The maximum Gasteiger partial charge on any atom is 0.407 e. The molecule has 3 N–H and O–H groups in total. The van der Waals surface area contributed by atoms with E-state index in [1.54, 1.807) is 20.8 Å². The molecule has 0 saturated heterocycles. The lowest BCUT2D eigenvalue weighted by atomic mass is 10.1. The summed E-state index contributed by atoms with van der Waals surface area (Å²) in [6, 6.07) is 7.33. The molecule has 0 aliphatic rings. The smallest absolute Gasteiger partial charge is 0.407 e. The molecule has 188 valence electrons.